The molecule has 152 valence electrons. The molecule has 0 aliphatic heterocycles. The Kier molecular flexibility index (Phi) is 4.35. The Morgan fingerprint density at radius 2 is 2.17 bits per heavy atom. The normalized spacial score (nSPS) is 11.5. The first-order valence-corrected chi connectivity index (χ1v) is 9.79. The fourth-order valence-corrected chi connectivity index (χ4v) is 3.67. The van der Waals surface area contributed by atoms with Gasteiger partial charge in [-0.05, 0) is 24.1 Å². The first kappa shape index (κ1) is 18.2. The molecule has 0 fully saturated rings. The molecule has 0 amide bonds. The lowest BCUT2D eigenvalue weighted by Crippen LogP contribution is -2.23. The lowest BCUT2D eigenvalue weighted by molar-refractivity contribution is 0.414. The van der Waals surface area contributed by atoms with E-state index in [0.717, 1.165) is 23.3 Å². The molecule has 9 nitrogen and oxygen atoms in total. The van der Waals surface area contributed by atoms with Crippen LogP contribution < -0.4 is 10.3 Å². The van der Waals surface area contributed by atoms with E-state index in [1.54, 1.807) is 24.1 Å². The van der Waals surface area contributed by atoms with E-state index in [2.05, 4.69) is 20.1 Å². The zero-order valence-corrected chi connectivity index (χ0v) is 16.7. The Labute approximate surface area is 171 Å². The van der Waals surface area contributed by atoms with E-state index in [1.165, 1.54) is 0 Å². The van der Waals surface area contributed by atoms with Gasteiger partial charge in [-0.2, -0.15) is 5.10 Å². The van der Waals surface area contributed by atoms with Gasteiger partial charge in [0.15, 0.2) is 11.2 Å². The molecule has 0 radical (unpaired) electrons. The fourth-order valence-electron chi connectivity index (χ4n) is 3.67. The molecule has 0 atom stereocenters. The second-order valence-corrected chi connectivity index (χ2v) is 7.12. The van der Waals surface area contributed by atoms with Crippen molar-refractivity contribution in [1.29, 1.82) is 0 Å². The van der Waals surface area contributed by atoms with Crippen LogP contribution in [0.5, 0.6) is 5.75 Å². The van der Waals surface area contributed by atoms with Crippen LogP contribution in [-0.2, 0) is 13.1 Å². The van der Waals surface area contributed by atoms with Gasteiger partial charge in [-0.1, -0.05) is 19.1 Å². The summed E-state index contributed by atoms with van der Waals surface area (Å²) in [6.45, 7) is 3.24. The number of hydrogen-bond donors (Lipinski definition) is 1. The average Bonchev–Trinajstić information content (AvgIpc) is 3.49. The van der Waals surface area contributed by atoms with Crippen LogP contribution in [0.25, 0.3) is 28.3 Å². The predicted molar refractivity (Wildman–Crippen MR) is 113 cm³/mol. The molecule has 30 heavy (non-hydrogen) atoms. The van der Waals surface area contributed by atoms with Crippen molar-refractivity contribution >= 4 is 16.9 Å². The second-order valence-electron chi connectivity index (χ2n) is 7.12. The number of ether oxygens (including phenoxy) is 1. The summed E-state index contributed by atoms with van der Waals surface area (Å²) in [5.74, 6) is 2.01. The van der Waals surface area contributed by atoms with Crippen molar-refractivity contribution in [3.63, 3.8) is 0 Å². The topological polar surface area (TPSA) is 95.0 Å². The summed E-state index contributed by atoms with van der Waals surface area (Å²) in [5, 5.41) is 4.45. The molecule has 9 heteroatoms. The fraction of sp³-hybridized carbons (Fsp3) is 0.238. The number of aromatic amines is 1. The summed E-state index contributed by atoms with van der Waals surface area (Å²) in [6.07, 6.45) is 7.99. The van der Waals surface area contributed by atoms with Gasteiger partial charge in [0.2, 0.25) is 5.78 Å². The Morgan fingerprint density at radius 1 is 1.27 bits per heavy atom. The number of methoxy groups -OCH3 is 1. The maximum atomic E-state index is 13.0. The van der Waals surface area contributed by atoms with E-state index in [9.17, 15) is 4.79 Å². The maximum Gasteiger partial charge on any atom is 0.280 e. The number of benzene rings is 1. The van der Waals surface area contributed by atoms with E-state index in [0.29, 0.717) is 35.9 Å². The standard InChI is InChI=1S/C21H21N7O2/c1-3-8-28-20(29)17-19(27-9-7-22-21(27)28)25-18(24-17)15-11-23-26(13-15)12-14-5-4-6-16(10-14)30-2/h4-7,9-11,13H,3,8,12H2,1-2H3,(H,24,25). The third-order valence-electron chi connectivity index (χ3n) is 5.07. The highest BCUT2D eigenvalue weighted by molar-refractivity contribution is 5.77. The van der Waals surface area contributed by atoms with Crippen LogP contribution in [0.4, 0.5) is 0 Å². The minimum absolute atomic E-state index is 0.118. The van der Waals surface area contributed by atoms with Gasteiger partial charge in [-0.15, -0.1) is 0 Å². The van der Waals surface area contributed by atoms with Gasteiger partial charge in [0, 0.05) is 25.1 Å². The minimum atomic E-state index is -0.118. The van der Waals surface area contributed by atoms with Crippen LogP contribution in [0.1, 0.15) is 18.9 Å². The van der Waals surface area contributed by atoms with Crippen molar-refractivity contribution in [3.8, 4) is 17.1 Å². The number of fused-ring (bicyclic) bond motifs is 3. The van der Waals surface area contributed by atoms with Gasteiger partial charge < -0.3 is 9.72 Å². The number of aromatic nitrogens is 7. The number of aryl methyl sites for hydroxylation is 1. The number of hydrogen-bond acceptors (Lipinski definition) is 5. The van der Waals surface area contributed by atoms with E-state index >= 15 is 0 Å². The predicted octanol–water partition coefficient (Wildman–Crippen LogP) is 2.70. The summed E-state index contributed by atoms with van der Waals surface area (Å²) in [7, 11) is 1.65. The highest BCUT2D eigenvalue weighted by atomic mass is 16.5. The largest absolute Gasteiger partial charge is 0.497 e. The van der Waals surface area contributed by atoms with E-state index in [-0.39, 0.29) is 5.56 Å². The van der Waals surface area contributed by atoms with Crippen molar-refractivity contribution in [3.05, 3.63) is 65.0 Å². The summed E-state index contributed by atoms with van der Waals surface area (Å²) in [4.78, 5) is 25.2. The molecular formula is C21H21N7O2. The second kappa shape index (κ2) is 7.18. The molecule has 5 aromatic rings. The van der Waals surface area contributed by atoms with E-state index in [1.807, 2.05) is 52.7 Å². The van der Waals surface area contributed by atoms with Crippen molar-refractivity contribution in [2.75, 3.05) is 7.11 Å². The highest BCUT2D eigenvalue weighted by Crippen LogP contribution is 2.20. The molecule has 0 unspecified atom stereocenters. The average molecular weight is 403 g/mol. The SMILES string of the molecule is CCCn1c(=O)c2[nH]c(-c3cnn(Cc4cccc(OC)c4)c3)nc2n2ccnc12. The summed E-state index contributed by atoms with van der Waals surface area (Å²) in [6, 6.07) is 7.87. The van der Waals surface area contributed by atoms with Crippen molar-refractivity contribution in [2.24, 2.45) is 0 Å². The first-order chi connectivity index (χ1) is 14.7. The lowest BCUT2D eigenvalue weighted by Gasteiger charge is -2.05. The molecule has 4 aromatic heterocycles. The molecule has 0 saturated heterocycles. The Bertz CT molecular complexity index is 1410. The third kappa shape index (κ3) is 2.95. The lowest BCUT2D eigenvalue weighted by atomic mass is 10.2. The molecule has 0 aliphatic rings. The van der Waals surface area contributed by atoms with Crippen LogP contribution in [0.3, 0.4) is 0 Å². The number of nitrogens with zero attached hydrogens (tertiary/aromatic N) is 6. The molecule has 1 aromatic carbocycles. The van der Waals surface area contributed by atoms with Crippen LogP contribution in [0.2, 0.25) is 0 Å². The van der Waals surface area contributed by atoms with Gasteiger partial charge in [0.05, 0.1) is 25.4 Å². The maximum absolute atomic E-state index is 13.0. The van der Waals surface area contributed by atoms with Crippen molar-refractivity contribution in [2.45, 2.75) is 26.4 Å². The molecule has 0 spiro atoms. The van der Waals surface area contributed by atoms with Gasteiger partial charge in [-0.25, -0.2) is 9.97 Å². The number of nitrogens with one attached hydrogen (secondary N) is 1. The summed E-state index contributed by atoms with van der Waals surface area (Å²) >= 11 is 0. The smallest absolute Gasteiger partial charge is 0.280 e. The van der Waals surface area contributed by atoms with Gasteiger partial charge in [0.1, 0.15) is 11.6 Å². The quantitative estimate of drug-likeness (QED) is 0.470. The summed E-state index contributed by atoms with van der Waals surface area (Å²) in [5.41, 5.74) is 2.80. The third-order valence-corrected chi connectivity index (χ3v) is 5.07. The molecule has 5 rings (SSSR count). The Balaban J connectivity index is 1.54. The zero-order chi connectivity index (χ0) is 20.7. The Hall–Kier alpha value is -3.88. The number of H-pyrrole nitrogens is 1. The van der Waals surface area contributed by atoms with Gasteiger partial charge in [-0.3, -0.25) is 18.4 Å². The number of imidazole rings is 2. The molecule has 0 saturated carbocycles. The minimum Gasteiger partial charge on any atom is -0.497 e. The van der Waals surface area contributed by atoms with Crippen molar-refractivity contribution in [1.82, 2.24) is 33.7 Å². The molecule has 1 N–H and O–H groups in total. The van der Waals surface area contributed by atoms with E-state index < -0.39 is 0 Å². The molecule has 4 heterocycles. The van der Waals surface area contributed by atoms with Gasteiger partial charge >= 0.3 is 0 Å². The molecule has 0 aliphatic carbocycles. The van der Waals surface area contributed by atoms with E-state index in [4.69, 9.17) is 4.74 Å². The molecule has 0 bridgehead atoms. The van der Waals surface area contributed by atoms with Gasteiger partial charge in [0.25, 0.3) is 5.56 Å². The first-order valence-electron chi connectivity index (χ1n) is 9.79. The summed E-state index contributed by atoms with van der Waals surface area (Å²) < 4.78 is 10.6. The molecular weight excluding hydrogens is 382 g/mol. The van der Waals surface area contributed by atoms with Crippen LogP contribution >= 0.6 is 0 Å². The number of rotatable bonds is 6. The Morgan fingerprint density at radius 3 is 3.00 bits per heavy atom. The zero-order valence-electron chi connectivity index (χ0n) is 16.7. The van der Waals surface area contributed by atoms with Crippen LogP contribution in [0, 0.1) is 0 Å². The monoisotopic (exact) mass is 403 g/mol. The van der Waals surface area contributed by atoms with Crippen molar-refractivity contribution < 1.29 is 4.74 Å². The van der Waals surface area contributed by atoms with Crippen LogP contribution in [0.15, 0.2) is 53.8 Å². The van der Waals surface area contributed by atoms with Crippen LogP contribution in [-0.4, -0.2) is 40.8 Å². The highest BCUT2D eigenvalue weighted by Gasteiger charge is 2.17.